The lowest BCUT2D eigenvalue weighted by molar-refractivity contribution is 0.375. The maximum absolute atomic E-state index is 4.79. The van der Waals surface area contributed by atoms with E-state index in [2.05, 4.69) is 26.1 Å². The molecule has 1 N–H and O–H groups in total. The van der Waals surface area contributed by atoms with Crippen molar-refractivity contribution in [3.8, 4) is 0 Å². The van der Waals surface area contributed by atoms with E-state index in [0.717, 1.165) is 5.92 Å². The summed E-state index contributed by atoms with van der Waals surface area (Å²) in [5, 5.41) is 4.82. The molecule has 0 aromatic carbocycles. The molecule has 0 radical (unpaired) electrons. The summed E-state index contributed by atoms with van der Waals surface area (Å²) in [6.07, 6.45) is 3.86. The predicted octanol–water partition coefficient (Wildman–Crippen LogP) is 3.12. The third-order valence-corrected chi connectivity index (χ3v) is 4.29. The van der Waals surface area contributed by atoms with Crippen molar-refractivity contribution in [2.24, 2.45) is 5.92 Å². The number of hydrogen-bond acceptors (Lipinski definition) is 3. The van der Waals surface area contributed by atoms with Crippen molar-refractivity contribution in [2.45, 2.75) is 46.0 Å². The fraction of sp³-hybridized carbons (Fsp3) is 0.769. The predicted molar refractivity (Wildman–Crippen MR) is 70.2 cm³/mol. The van der Waals surface area contributed by atoms with Gasteiger partial charge in [0.15, 0.2) is 0 Å². The highest BCUT2D eigenvalue weighted by atomic mass is 32.1. The van der Waals surface area contributed by atoms with Crippen LogP contribution in [0.1, 0.15) is 48.2 Å². The quantitative estimate of drug-likeness (QED) is 0.875. The molecule has 0 bridgehead atoms. The standard InChI is InChI=1S/C13H22N2S/c1-9(2)13-10(3)16-12(15-13)7-11-5-4-6-14-8-11/h9,11,14H,4-8H2,1-3H3. The fourth-order valence-electron chi connectivity index (χ4n) is 2.43. The van der Waals surface area contributed by atoms with Crippen LogP contribution < -0.4 is 5.32 Å². The lowest BCUT2D eigenvalue weighted by atomic mass is 9.96. The van der Waals surface area contributed by atoms with Crippen molar-refractivity contribution in [1.29, 1.82) is 0 Å². The van der Waals surface area contributed by atoms with Crippen LogP contribution in [0.25, 0.3) is 0 Å². The van der Waals surface area contributed by atoms with Gasteiger partial charge in [-0.1, -0.05) is 13.8 Å². The zero-order chi connectivity index (χ0) is 11.5. The molecule has 90 valence electrons. The summed E-state index contributed by atoms with van der Waals surface area (Å²) in [5.74, 6) is 1.37. The molecule has 1 aliphatic rings. The van der Waals surface area contributed by atoms with Crippen molar-refractivity contribution < 1.29 is 0 Å². The number of nitrogens with zero attached hydrogens (tertiary/aromatic N) is 1. The van der Waals surface area contributed by atoms with Gasteiger partial charge in [0.2, 0.25) is 0 Å². The van der Waals surface area contributed by atoms with Crippen molar-refractivity contribution in [2.75, 3.05) is 13.1 Å². The van der Waals surface area contributed by atoms with Gasteiger partial charge in [-0.2, -0.15) is 0 Å². The van der Waals surface area contributed by atoms with E-state index in [1.54, 1.807) is 0 Å². The summed E-state index contributed by atoms with van der Waals surface area (Å²) in [4.78, 5) is 6.21. The van der Waals surface area contributed by atoms with E-state index in [4.69, 9.17) is 4.98 Å². The average molecular weight is 238 g/mol. The molecule has 16 heavy (non-hydrogen) atoms. The number of hydrogen-bond donors (Lipinski definition) is 1. The van der Waals surface area contributed by atoms with Crippen LogP contribution in [0.3, 0.4) is 0 Å². The van der Waals surface area contributed by atoms with Gasteiger partial charge >= 0.3 is 0 Å². The first-order valence-electron chi connectivity index (χ1n) is 6.33. The Balaban J connectivity index is 2.01. The second kappa shape index (κ2) is 5.28. The van der Waals surface area contributed by atoms with Crippen LogP contribution in [-0.4, -0.2) is 18.1 Å². The smallest absolute Gasteiger partial charge is 0.0934 e. The van der Waals surface area contributed by atoms with Crippen LogP contribution >= 0.6 is 11.3 Å². The first-order chi connectivity index (χ1) is 7.66. The van der Waals surface area contributed by atoms with Gasteiger partial charge in [0.25, 0.3) is 0 Å². The van der Waals surface area contributed by atoms with Crippen molar-refractivity contribution in [3.63, 3.8) is 0 Å². The highest BCUT2D eigenvalue weighted by molar-refractivity contribution is 7.11. The zero-order valence-corrected chi connectivity index (χ0v) is 11.4. The summed E-state index contributed by atoms with van der Waals surface area (Å²) < 4.78 is 0. The van der Waals surface area contributed by atoms with E-state index >= 15 is 0 Å². The van der Waals surface area contributed by atoms with E-state index in [9.17, 15) is 0 Å². The number of aromatic nitrogens is 1. The van der Waals surface area contributed by atoms with Crippen LogP contribution in [0.15, 0.2) is 0 Å². The summed E-state index contributed by atoms with van der Waals surface area (Å²) in [6.45, 7) is 9.04. The molecule has 1 aromatic heterocycles. The average Bonchev–Trinajstić information content (AvgIpc) is 2.61. The van der Waals surface area contributed by atoms with Crippen LogP contribution in [0, 0.1) is 12.8 Å². The maximum Gasteiger partial charge on any atom is 0.0934 e. The topological polar surface area (TPSA) is 24.9 Å². The number of rotatable bonds is 3. The highest BCUT2D eigenvalue weighted by Gasteiger charge is 2.17. The van der Waals surface area contributed by atoms with E-state index in [1.807, 2.05) is 11.3 Å². The Kier molecular flexibility index (Phi) is 3.98. The normalized spacial score (nSPS) is 21.6. The molecule has 1 saturated heterocycles. The minimum atomic E-state index is 0.564. The minimum Gasteiger partial charge on any atom is -0.316 e. The van der Waals surface area contributed by atoms with E-state index in [0.29, 0.717) is 5.92 Å². The molecule has 1 unspecified atom stereocenters. The molecule has 3 heteroatoms. The van der Waals surface area contributed by atoms with Crippen molar-refractivity contribution in [1.82, 2.24) is 10.3 Å². The van der Waals surface area contributed by atoms with Gasteiger partial charge < -0.3 is 5.32 Å². The molecule has 0 saturated carbocycles. The number of aryl methyl sites for hydroxylation is 1. The second-order valence-electron chi connectivity index (χ2n) is 5.12. The molecule has 0 aliphatic carbocycles. The lowest BCUT2D eigenvalue weighted by Crippen LogP contribution is -2.30. The van der Waals surface area contributed by atoms with E-state index < -0.39 is 0 Å². The number of thiazole rings is 1. The van der Waals surface area contributed by atoms with Crippen molar-refractivity contribution in [3.05, 3.63) is 15.6 Å². The van der Waals surface area contributed by atoms with Gasteiger partial charge in [0.05, 0.1) is 10.7 Å². The van der Waals surface area contributed by atoms with Gasteiger partial charge in [-0.05, 0) is 44.7 Å². The SMILES string of the molecule is Cc1sc(CC2CCCNC2)nc1C(C)C. The maximum atomic E-state index is 4.79. The molecule has 1 aliphatic heterocycles. The van der Waals surface area contributed by atoms with Gasteiger partial charge in [0, 0.05) is 11.3 Å². The summed E-state index contributed by atoms with van der Waals surface area (Å²) in [5.41, 5.74) is 1.31. The molecule has 2 rings (SSSR count). The molecule has 1 aromatic rings. The van der Waals surface area contributed by atoms with Gasteiger partial charge in [-0.25, -0.2) is 4.98 Å². The Morgan fingerprint density at radius 3 is 2.88 bits per heavy atom. The van der Waals surface area contributed by atoms with Crippen molar-refractivity contribution >= 4 is 11.3 Å². The number of piperidine rings is 1. The third-order valence-electron chi connectivity index (χ3n) is 3.29. The summed E-state index contributed by atoms with van der Waals surface area (Å²) in [7, 11) is 0. The van der Waals surface area contributed by atoms with Gasteiger partial charge in [0.1, 0.15) is 0 Å². The molecule has 2 nitrogen and oxygen atoms in total. The first-order valence-corrected chi connectivity index (χ1v) is 7.15. The Hall–Kier alpha value is -0.410. The second-order valence-corrected chi connectivity index (χ2v) is 6.41. The molecule has 0 spiro atoms. The van der Waals surface area contributed by atoms with E-state index in [1.165, 1.54) is 47.9 Å². The van der Waals surface area contributed by atoms with Crippen LogP contribution in [0.2, 0.25) is 0 Å². The Morgan fingerprint density at radius 1 is 1.50 bits per heavy atom. The van der Waals surface area contributed by atoms with Crippen LogP contribution in [0.4, 0.5) is 0 Å². The lowest BCUT2D eigenvalue weighted by Gasteiger charge is -2.21. The van der Waals surface area contributed by atoms with Gasteiger partial charge in [-0.3, -0.25) is 0 Å². The monoisotopic (exact) mass is 238 g/mol. The molecule has 1 atom stereocenters. The molecular weight excluding hydrogens is 216 g/mol. The zero-order valence-electron chi connectivity index (χ0n) is 10.5. The molecule has 0 amide bonds. The molecule has 2 heterocycles. The van der Waals surface area contributed by atoms with Gasteiger partial charge in [-0.15, -0.1) is 11.3 Å². The Labute approximate surface area is 102 Å². The Bertz CT molecular complexity index is 338. The summed E-state index contributed by atoms with van der Waals surface area (Å²) in [6, 6.07) is 0. The third kappa shape index (κ3) is 2.83. The van der Waals surface area contributed by atoms with E-state index in [-0.39, 0.29) is 0 Å². The largest absolute Gasteiger partial charge is 0.316 e. The minimum absolute atomic E-state index is 0.564. The van der Waals surface area contributed by atoms with Crippen LogP contribution in [-0.2, 0) is 6.42 Å². The Morgan fingerprint density at radius 2 is 2.31 bits per heavy atom. The molecular formula is C13H22N2S. The highest BCUT2D eigenvalue weighted by Crippen LogP contribution is 2.26. The summed E-state index contributed by atoms with van der Waals surface area (Å²) >= 11 is 1.90. The number of nitrogens with one attached hydrogen (secondary N) is 1. The molecule has 1 fully saturated rings. The first kappa shape index (κ1) is 12.1. The van der Waals surface area contributed by atoms with Crippen LogP contribution in [0.5, 0.6) is 0 Å². The fourth-order valence-corrected chi connectivity index (χ4v) is 3.64.